The first-order valence-electron chi connectivity index (χ1n) is 32.2. The normalized spacial score (nSPS) is 10.7. The van der Waals surface area contributed by atoms with Gasteiger partial charge >= 0.3 is 6.18 Å². The maximum absolute atomic E-state index is 13.8. The second-order valence-electron chi connectivity index (χ2n) is 24.5. The van der Waals surface area contributed by atoms with Crippen LogP contribution in [0.15, 0.2) is 222 Å². The van der Waals surface area contributed by atoms with Crippen LogP contribution in [0.1, 0.15) is 67.2 Å². The van der Waals surface area contributed by atoms with E-state index in [4.69, 9.17) is 9.72 Å². The van der Waals surface area contributed by atoms with E-state index in [1.807, 2.05) is 153 Å². The molecular formula is C84H71Br2F3IIr4N9O-4. The molecular weight excluding hydrogens is 2260 g/mol. The molecule has 0 saturated carbocycles. The monoisotopic (exact) mass is 2340 g/mol. The van der Waals surface area contributed by atoms with Crippen molar-refractivity contribution in [2.75, 3.05) is 7.11 Å². The fraction of sp³-hybridized carbons (Fsp3) is 0.155. The molecule has 9 aromatic carbocycles. The first-order chi connectivity index (χ1) is 47.9. The van der Waals surface area contributed by atoms with Gasteiger partial charge in [-0.3, -0.25) is 19.9 Å². The minimum absolute atomic E-state index is 0. The molecule has 14 aromatic rings. The Labute approximate surface area is 691 Å². The van der Waals surface area contributed by atoms with Crippen LogP contribution in [0.25, 0.3) is 90.6 Å². The third-order valence-electron chi connectivity index (χ3n) is 16.7. The molecule has 5 aromatic heterocycles. The number of rotatable bonds is 11. The van der Waals surface area contributed by atoms with E-state index >= 15 is 0 Å². The Kier molecular flexibility index (Phi) is 30.2. The second-order valence-corrected chi connectivity index (χ2v) is 27.2. The Morgan fingerprint density at radius 1 is 0.452 bits per heavy atom. The van der Waals surface area contributed by atoms with Gasteiger partial charge in [0.15, 0.2) is 5.69 Å². The number of aryl methyl sites for hydroxylation is 10. The number of hydrogen-bond donors (Lipinski definition) is 0. The standard InChI is InChI=1S/C28H17BrF3N2.C19H18IN2.C19H19N2O.C18H17BrN3.4Ir/c29-22-14-7-13-21(17-22)27-33-25(28(30,31)32)18-34(27)26-23(19-9-3-1-4-10-19)15-8-16-24(26)20-11-5-2-6-12-20;1-12-10-13(2)17(14(3)11-12)22-15(4)18(20)21-19(22)16-8-6-5-7-9-16;1-13-10-14(2)18(15(3)11-13)21-9-8-20-19(21)16-6-5-7-17(12-16)22-4;1-11-7-12(2)17(13(3)8-11)22-10-16(19)21-18(22)15-6-5-14(4)20-9-15;;;;/h1-12,14-18H;5-8,10-11H,1-4H3;5,7-12H,1-4H3;5,7-10H,1-4H3;;;;/q4*-1;;;;. The summed E-state index contributed by atoms with van der Waals surface area (Å²) in [6.07, 6.45) is 4.10. The maximum Gasteiger partial charge on any atom is 0.433 e. The maximum atomic E-state index is 13.8. The molecule has 10 nitrogen and oxygen atoms in total. The van der Waals surface area contributed by atoms with Gasteiger partial charge in [-0.1, -0.05) is 177 Å². The summed E-state index contributed by atoms with van der Waals surface area (Å²) in [5, 5.41) is 0. The molecule has 0 atom stereocenters. The van der Waals surface area contributed by atoms with Crippen molar-refractivity contribution in [3.63, 3.8) is 0 Å². The van der Waals surface area contributed by atoms with Crippen LogP contribution in [0.4, 0.5) is 13.2 Å². The summed E-state index contributed by atoms with van der Waals surface area (Å²) in [5.41, 5.74) is 23.3. The Hall–Kier alpha value is -7.15. The predicted octanol–water partition coefficient (Wildman–Crippen LogP) is 22.6. The summed E-state index contributed by atoms with van der Waals surface area (Å²) in [7, 11) is 1.67. The number of halogens is 6. The zero-order chi connectivity index (χ0) is 71.1. The quantitative estimate of drug-likeness (QED) is 0.0946. The average Bonchev–Trinajstić information content (AvgIpc) is 1.50. The second kappa shape index (κ2) is 37.4. The molecule has 14 rings (SSSR count). The predicted molar refractivity (Wildman–Crippen MR) is 412 cm³/mol. The van der Waals surface area contributed by atoms with Crippen LogP contribution < -0.4 is 4.74 Å². The molecule has 104 heavy (non-hydrogen) atoms. The van der Waals surface area contributed by atoms with Crippen LogP contribution in [0.3, 0.4) is 0 Å². The van der Waals surface area contributed by atoms with Crippen molar-refractivity contribution in [3.05, 3.63) is 317 Å². The molecule has 4 radical (unpaired) electrons. The van der Waals surface area contributed by atoms with Gasteiger partial charge in [-0.05, 0) is 158 Å². The summed E-state index contributed by atoms with van der Waals surface area (Å²) in [6, 6.07) is 71.8. The Morgan fingerprint density at radius 2 is 0.952 bits per heavy atom. The third kappa shape index (κ3) is 19.5. The van der Waals surface area contributed by atoms with E-state index in [0.29, 0.717) is 11.3 Å². The summed E-state index contributed by atoms with van der Waals surface area (Å²) < 4.78 is 57.4. The summed E-state index contributed by atoms with van der Waals surface area (Å²) >= 11 is 9.21. The molecule has 0 unspecified atom stereocenters. The number of pyridine rings is 1. The number of benzene rings is 9. The van der Waals surface area contributed by atoms with Crippen molar-refractivity contribution in [2.24, 2.45) is 0 Å². The van der Waals surface area contributed by atoms with Gasteiger partial charge in [-0.15, -0.1) is 102 Å². The van der Waals surface area contributed by atoms with Gasteiger partial charge in [0.05, 0.1) is 36.1 Å². The minimum Gasteiger partial charge on any atom is -0.516 e. The number of hydrogen-bond acceptors (Lipinski definition) is 6. The van der Waals surface area contributed by atoms with Gasteiger partial charge in [0.1, 0.15) is 8.30 Å². The molecule has 5 heterocycles. The number of ether oxygens (including phenoxy) is 1. The van der Waals surface area contributed by atoms with Gasteiger partial charge in [0.25, 0.3) is 0 Å². The molecule has 0 saturated heterocycles. The van der Waals surface area contributed by atoms with Crippen LogP contribution in [0.5, 0.6) is 5.75 Å². The number of alkyl halides is 3. The van der Waals surface area contributed by atoms with Crippen molar-refractivity contribution in [1.29, 1.82) is 0 Å². The van der Waals surface area contributed by atoms with Crippen LogP contribution in [0, 0.1) is 104 Å². The fourth-order valence-electron chi connectivity index (χ4n) is 12.7. The smallest absolute Gasteiger partial charge is 0.433 e. The largest absolute Gasteiger partial charge is 0.516 e. The molecule has 0 aliphatic heterocycles. The first kappa shape index (κ1) is 84.1. The molecule has 0 amide bonds. The van der Waals surface area contributed by atoms with Gasteiger partial charge in [-0.2, -0.15) is 13.2 Å². The molecule has 20 heteroatoms. The van der Waals surface area contributed by atoms with E-state index in [9.17, 15) is 13.2 Å². The summed E-state index contributed by atoms with van der Waals surface area (Å²) in [4.78, 5) is 22.3. The topological polar surface area (TPSA) is 93.4 Å². The van der Waals surface area contributed by atoms with Gasteiger partial charge in [0, 0.05) is 145 Å². The van der Waals surface area contributed by atoms with Crippen LogP contribution in [-0.4, -0.2) is 50.3 Å². The van der Waals surface area contributed by atoms with Gasteiger partial charge < -0.3 is 28.0 Å². The van der Waals surface area contributed by atoms with Crippen molar-refractivity contribution in [3.8, 4) is 96.3 Å². The zero-order valence-electron chi connectivity index (χ0n) is 58.7. The van der Waals surface area contributed by atoms with Crippen LogP contribution in [0.2, 0.25) is 0 Å². The van der Waals surface area contributed by atoms with E-state index < -0.39 is 11.9 Å². The van der Waals surface area contributed by atoms with Gasteiger partial charge in [0.2, 0.25) is 0 Å². The molecule has 0 bridgehead atoms. The fourth-order valence-corrected chi connectivity index (χ4v) is 13.9. The summed E-state index contributed by atoms with van der Waals surface area (Å²) in [5.74, 6) is 3.63. The average molecular weight is 2340 g/mol. The number of nitrogens with zero attached hydrogens (tertiary/aromatic N) is 9. The van der Waals surface area contributed by atoms with Crippen molar-refractivity contribution < 1.29 is 98.3 Å². The molecule has 0 fully saturated rings. The molecule has 0 aliphatic carbocycles. The van der Waals surface area contributed by atoms with E-state index in [0.717, 1.165) is 92.5 Å². The molecule has 0 spiro atoms. The SMILES string of the molecule is COc1cc[c-]c(-c2nccn2-c2c(C)cc(C)cc2C)c1.Cc1cc(C)c(-n2c(-c3[c-]cccc3)nc(I)c2C)c(C)c1.Cc1cc(C)c(-n2cc(Br)nc2-c2[c-]cc(C)nc2)c(C)c1.FC(F)(F)c1cn(-c2c(-c3ccccc3)cccc2-c2ccccc2)c(-c2[c-]ccc(Br)c2)n1.[Ir].[Ir].[Ir].[Ir]. The number of imidazole rings is 4. The van der Waals surface area contributed by atoms with E-state index in [-0.39, 0.29) is 86.2 Å². The van der Waals surface area contributed by atoms with E-state index in [1.54, 1.807) is 25.3 Å². The van der Waals surface area contributed by atoms with Crippen molar-refractivity contribution in [2.45, 2.75) is 82.3 Å². The number of aromatic nitrogens is 9. The molecule has 0 aliphatic rings. The number of methoxy groups -OCH3 is 1. The van der Waals surface area contributed by atoms with E-state index in [2.05, 4.69) is 224 Å². The first-order valence-corrected chi connectivity index (χ1v) is 34.9. The number of para-hydroxylation sites is 1. The Balaban J connectivity index is 0.000000195. The molecule has 0 N–H and O–H groups in total. The van der Waals surface area contributed by atoms with Crippen LogP contribution in [-0.2, 0) is 86.6 Å². The third-order valence-corrected chi connectivity index (χ3v) is 18.6. The van der Waals surface area contributed by atoms with E-state index in [1.165, 1.54) is 71.7 Å². The van der Waals surface area contributed by atoms with Gasteiger partial charge in [-0.25, -0.2) is 0 Å². The minimum atomic E-state index is -4.60. The zero-order valence-corrected chi connectivity index (χ0v) is 73.7. The van der Waals surface area contributed by atoms with Crippen LogP contribution >= 0.6 is 54.5 Å². The van der Waals surface area contributed by atoms with Crippen molar-refractivity contribution in [1.82, 2.24) is 43.2 Å². The van der Waals surface area contributed by atoms with Crippen molar-refractivity contribution >= 4 is 54.5 Å². The summed E-state index contributed by atoms with van der Waals surface area (Å²) in [6.45, 7) is 23.3. The molecule has 540 valence electrons. The Bertz CT molecular complexity index is 5110. The Morgan fingerprint density at radius 3 is 1.46 bits per heavy atom.